The van der Waals surface area contributed by atoms with E-state index in [0.29, 0.717) is 22.1 Å². The molecule has 2 aromatic rings. The average molecular weight is 348 g/mol. The fraction of sp³-hybridized carbons (Fsp3) is 0.0714. The van der Waals surface area contributed by atoms with E-state index in [1.165, 1.54) is 18.2 Å². The van der Waals surface area contributed by atoms with Crippen molar-refractivity contribution in [1.82, 2.24) is 0 Å². The van der Waals surface area contributed by atoms with E-state index in [-0.39, 0.29) is 17.2 Å². The van der Waals surface area contributed by atoms with Crippen LogP contribution in [0.5, 0.6) is 0 Å². The molecular formula is C14H9ClF3NO2S. The van der Waals surface area contributed by atoms with Crippen LogP contribution < -0.4 is 5.32 Å². The minimum atomic E-state index is -1.61. The van der Waals surface area contributed by atoms with Gasteiger partial charge in [0.2, 0.25) is 0 Å². The molecule has 2 aromatic carbocycles. The molecule has 0 bridgehead atoms. The molecule has 0 fully saturated rings. The summed E-state index contributed by atoms with van der Waals surface area (Å²) in [6.45, 7) is 0. The third kappa shape index (κ3) is 3.73. The van der Waals surface area contributed by atoms with Crippen LogP contribution in [-0.2, 0) is 0 Å². The molecule has 22 heavy (non-hydrogen) atoms. The minimum Gasteiger partial charge on any atom is -0.385 e. The van der Waals surface area contributed by atoms with E-state index >= 15 is 0 Å². The standard InChI is InChI=1S/C14H9ClF3NO2S/c15-9-2-1-7(3-12(9)22-6-20)14(21)19-8-4-10(16)13(18)11(17)5-8/h1-5,20H,6H2,(H,19,21). The number of thioether (sulfide) groups is 1. The molecule has 0 radical (unpaired) electrons. The molecule has 0 unspecified atom stereocenters. The number of rotatable bonds is 4. The number of amides is 1. The topological polar surface area (TPSA) is 49.3 Å². The van der Waals surface area contributed by atoms with Gasteiger partial charge in [0.15, 0.2) is 17.5 Å². The van der Waals surface area contributed by atoms with Gasteiger partial charge in [-0.15, -0.1) is 0 Å². The third-order valence-corrected chi connectivity index (χ3v) is 3.87. The molecule has 8 heteroatoms. The van der Waals surface area contributed by atoms with Crippen molar-refractivity contribution in [2.45, 2.75) is 4.90 Å². The molecule has 0 aliphatic rings. The SMILES string of the molecule is O=C(Nc1cc(F)c(F)c(F)c1)c1ccc(Cl)c(SCO)c1. The summed E-state index contributed by atoms with van der Waals surface area (Å²) < 4.78 is 39.0. The Bertz CT molecular complexity index is 704. The molecule has 3 nitrogen and oxygen atoms in total. The lowest BCUT2D eigenvalue weighted by molar-refractivity contribution is 0.102. The summed E-state index contributed by atoms with van der Waals surface area (Å²) in [5, 5.41) is 11.5. The lowest BCUT2D eigenvalue weighted by Gasteiger charge is -2.08. The number of carbonyl (C=O) groups is 1. The molecule has 116 valence electrons. The summed E-state index contributed by atoms with van der Waals surface area (Å²) in [6.07, 6.45) is 0. The Morgan fingerprint density at radius 2 is 1.82 bits per heavy atom. The first kappa shape index (κ1) is 16.7. The van der Waals surface area contributed by atoms with Crippen LogP contribution in [0, 0.1) is 17.5 Å². The molecule has 0 saturated carbocycles. The molecule has 0 heterocycles. The van der Waals surface area contributed by atoms with Crippen LogP contribution in [0.3, 0.4) is 0 Å². The monoisotopic (exact) mass is 347 g/mol. The van der Waals surface area contributed by atoms with Gasteiger partial charge in [0.1, 0.15) is 0 Å². The number of aliphatic hydroxyl groups excluding tert-OH is 1. The summed E-state index contributed by atoms with van der Waals surface area (Å²) in [7, 11) is 0. The second kappa shape index (κ2) is 7.04. The van der Waals surface area contributed by atoms with Crippen molar-refractivity contribution >= 4 is 35.0 Å². The van der Waals surface area contributed by atoms with Crippen LogP contribution in [0.2, 0.25) is 5.02 Å². The number of anilines is 1. The first-order chi connectivity index (χ1) is 10.4. The summed E-state index contributed by atoms with van der Waals surface area (Å²) in [5.74, 6) is -5.28. The van der Waals surface area contributed by atoms with Gasteiger partial charge in [-0.1, -0.05) is 23.4 Å². The highest BCUT2D eigenvalue weighted by molar-refractivity contribution is 7.99. The highest BCUT2D eigenvalue weighted by Crippen LogP contribution is 2.28. The van der Waals surface area contributed by atoms with Gasteiger partial charge in [0.05, 0.1) is 11.0 Å². The average Bonchev–Trinajstić information content (AvgIpc) is 2.47. The van der Waals surface area contributed by atoms with E-state index in [9.17, 15) is 18.0 Å². The number of carbonyl (C=O) groups excluding carboxylic acids is 1. The van der Waals surface area contributed by atoms with Crippen LogP contribution in [0.1, 0.15) is 10.4 Å². The van der Waals surface area contributed by atoms with Crippen LogP contribution >= 0.6 is 23.4 Å². The predicted octanol–water partition coefficient (Wildman–Crippen LogP) is 4.05. The van der Waals surface area contributed by atoms with Crippen LogP contribution in [0.25, 0.3) is 0 Å². The Morgan fingerprint density at radius 3 is 2.41 bits per heavy atom. The zero-order valence-electron chi connectivity index (χ0n) is 10.9. The zero-order chi connectivity index (χ0) is 16.3. The minimum absolute atomic E-state index is 0.172. The summed E-state index contributed by atoms with van der Waals surface area (Å²) in [4.78, 5) is 12.5. The second-order valence-electron chi connectivity index (χ2n) is 4.13. The van der Waals surface area contributed by atoms with Crippen molar-refractivity contribution in [3.8, 4) is 0 Å². The van der Waals surface area contributed by atoms with E-state index in [2.05, 4.69) is 5.32 Å². The van der Waals surface area contributed by atoms with Gasteiger partial charge >= 0.3 is 0 Å². The number of hydrogen-bond donors (Lipinski definition) is 2. The molecule has 1 amide bonds. The van der Waals surface area contributed by atoms with Crippen molar-refractivity contribution in [3.63, 3.8) is 0 Å². The van der Waals surface area contributed by atoms with Crippen molar-refractivity contribution in [3.05, 3.63) is 58.4 Å². The molecule has 0 saturated heterocycles. The van der Waals surface area contributed by atoms with Gasteiger partial charge in [-0.25, -0.2) is 13.2 Å². The smallest absolute Gasteiger partial charge is 0.255 e. The van der Waals surface area contributed by atoms with Crippen molar-refractivity contribution in [2.75, 3.05) is 11.3 Å². The van der Waals surface area contributed by atoms with Gasteiger partial charge in [-0.2, -0.15) is 0 Å². The molecule has 0 aromatic heterocycles. The number of halogens is 4. The molecule has 0 aliphatic carbocycles. The largest absolute Gasteiger partial charge is 0.385 e. The van der Waals surface area contributed by atoms with Gasteiger partial charge in [-0.05, 0) is 18.2 Å². The van der Waals surface area contributed by atoms with Gasteiger partial charge in [0.25, 0.3) is 5.91 Å². The second-order valence-corrected chi connectivity index (χ2v) is 5.52. The van der Waals surface area contributed by atoms with Crippen LogP contribution in [0.4, 0.5) is 18.9 Å². The quantitative estimate of drug-likeness (QED) is 0.498. The maximum atomic E-state index is 13.1. The molecule has 2 rings (SSSR count). The first-order valence-corrected chi connectivity index (χ1v) is 7.28. The third-order valence-electron chi connectivity index (χ3n) is 2.66. The molecule has 0 spiro atoms. The van der Waals surface area contributed by atoms with E-state index in [1.807, 2.05) is 0 Å². The predicted molar refractivity (Wildman–Crippen MR) is 78.7 cm³/mol. The fourth-order valence-corrected chi connectivity index (χ4v) is 2.49. The van der Waals surface area contributed by atoms with Crippen LogP contribution in [-0.4, -0.2) is 17.0 Å². The zero-order valence-corrected chi connectivity index (χ0v) is 12.4. The van der Waals surface area contributed by atoms with Crippen molar-refractivity contribution in [1.29, 1.82) is 0 Å². The van der Waals surface area contributed by atoms with Gasteiger partial charge in [-0.3, -0.25) is 4.79 Å². The Morgan fingerprint density at radius 1 is 1.18 bits per heavy atom. The van der Waals surface area contributed by atoms with E-state index in [1.54, 1.807) is 0 Å². The molecular weight excluding hydrogens is 339 g/mol. The number of hydrogen-bond acceptors (Lipinski definition) is 3. The number of benzene rings is 2. The van der Waals surface area contributed by atoms with E-state index in [4.69, 9.17) is 16.7 Å². The van der Waals surface area contributed by atoms with Crippen molar-refractivity contribution in [2.24, 2.45) is 0 Å². The molecule has 2 N–H and O–H groups in total. The maximum absolute atomic E-state index is 13.1. The normalized spacial score (nSPS) is 10.6. The Kier molecular flexibility index (Phi) is 5.33. The first-order valence-electron chi connectivity index (χ1n) is 5.91. The van der Waals surface area contributed by atoms with Crippen molar-refractivity contribution < 1.29 is 23.1 Å². The number of aliphatic hydroxyl groups is 1. The maximum Gasteiger partial charge on any atom is 0.255 e. The summed E-state index contributed by atoms with van der Waals surface area (Å²) in [5.41, 5.74) is -0.0433. The Balaban J connectivity index is 2.24. The summed E-state index contributed by atoms with van der Waals surface area (Å²) >= 11 is 6.91. The van der Waals surface area contributed by atoms with E-state index < -0.39 is 23.4 Å². The molecule has 0 aliphatic heterocycles. The highest BCUT2D eigenvalue weighted by Gasteiger charge is 2.14. The highest BCUT2D eigenvalue weighted by atomic mass is 35.5. The van der Waals surface area contributed by atoms with Crippen LogP contribution in [0.15, 0.2) is 35.2 Å². The Labute approximate surface area is 133 Å². The van der Waals surface area contributed by atoms with Gasteiger partial charge < -0.3 is 10.4 Å². The Hall–Kier alpha value is -1.70. The summed E-state index contributed by atoms with van der Waals surface area (Å²) in [6, 6.07) is 5.65. The van der Waals surface area contributed by atoms with E-state index in [0.717, 1.165) is 11.8 Å². The number of nitrogens with one attached hydrogen (secondary N) is 1. The lowest BCUT2D eigenvalue weighted by Crippen LogP contribution is -2.12. The van der Waals surface area contributed by atoms with Gasteiger partial charge in [0, 0.05) is 28.3 Å². The fourth-order valence-electron chi connectivity index (χ4n) is 1.66. The lowest BCUT2D eigenvalue weighted by atomic mass is 10.2. The molecule has 0 atom stereocenters.